The van der Waals surface area contributed by atoms with E-state index >= 15 is 0 Å². The van der Waals surface area contributed by atoms with Gasteiger partial charge in [-0.3, -0.25) is 4.79 Å². The second-order valence-electron chi connectivity index (χ2n) is 5.66. The maximum atomic E-state index is 12.6. The molecule has 7 nitrogen and oxygen atoms in total. The number of ether oxygens (including phenoxy) is 2. The monoisotopic (exact) mass is 392 g/mol. The van der Waals surface area contributed by atoms with Crippen LogP contribution in [0.2, 0.25) is 0 Å². The fourth-order valence-corrected chi connectivity index (χ4v) is 3.48. The van der Waals surface area contributed by atoms with E-state index in [-0.39, 0.29) is 17.0 Å². The molecule has 0 aliphatic rings. The van der Waals surface area contributed by atoms with Crippen LogP contribution < -0.4 is 14.8 Å². The number of amides is 1. The topological polar surface area (TPSA) is 93.7 Å². The molecule has 0 fully saturated rings. The number of para-hydroxylation sites is 2. The summed E-state index contributed by atoms with van der Waals surface area (Å²) in [6.45, 7) is 3.04. The van der Waals surface area contributed by atoms with Crippen LogP contribution in [0.5, 0.6) is 5.75 Å². The fraction of sp³-hybridized carbons (Fsp3) is 0.316. The van der Waals surface area contributed by atoms with E-state index in [0.29, 0.717) is 31.1 Å². The van der Waals surface area contributed by atoms with E-state index < -0.39 is 15.9 Å². The molecule has 27 heavy (non-hydrogen) atoms. The lowest BCUT2D eigenvalue weighted by molar-refractivity contribution is 0.102. The van der Waals surface area contributed by atoms with Gasteiger partial charge in [-0.05, 0) is 43.7 Å². The van der Waals surface area contributed by atoms with E-state index in [1.165, 1.54) is 18.2 Å². The van der Waals surface area contributed by atoms with Crippen molar-refractivity contribution in [2.24, 2.45) is 0 Å². The molecule has 2 N–H and O–H groups in total. The number of rotatable bonds is 10. The Labute approximate surface area is 159 Å². The van der Waals surface area contributed by atoms with E-state index in [0.717, 1.165) is 0 Å². The van der Waals surface area contributed by atoms with Crippen molar-refractivity contribution in [3.8, 4) is 5.75 Å². The number of carbonyl (C=O) groups is 1. The summed E-state index contributed by atoms with van der Waals surface area (Å²) in [6, 6.07) is 13.0. The van der Waals surface area contributed by atoms with Crippen molar-refractivity contribution < 1.29 is 22.7 Å². The summed E-state index contributed by atoms with van der Waals surface area (Å²) in [5.41, 5.74) is 0.761. The number of benzene rings is 2. The predicted molar refractivity (Wildman–Crippen MR) is 104 cm³/mol. The van der Waals surface area contributed by atoms with Crippen LogP contribution in [0.15, 0.2) is 53.4 Å². The smallest absolute Gasteiger partial charge is 0.255 e. The van der Waals surface area contributed by atoms with Gasteiger partial charge in [0.05, 0.1) is 17.2 Å². The molecule has 146 valence electrons. The van der Waals surface area contributed by atoms with Gasteiger partial charge < -0.3 is 14.8 Å². The summed E-state index contributed by atoms with van der Waals surface area (Å²) >= 11 is 0. The summed E-state index contributed by atoms with van der Waals surface area (Å²) in [6.07, 6.45) is 0.560. The standard InChI is InChI=1S/C19H24N2O5S/c1-3-26-18-11-5-4-10-17(18)21-19(22)15-8-6-9-16(14-15)27(23,24)20-12-7-13-25-2/h4-6,8-11,14,20H,3,7,12-13H2,1-2H3,(H,21,22). The molecule has 0 unspecified atom stereocenters. The summed E-state index contributed by atoms with van der Waals surface area (Å²) in [5, 5.41) is 2.75. The van der Waals surface area contributed by atoms with Crippen LogP contribution in [0.3, 0.4) is 0 Å². The quantitative estimate of drug-likeness (QED) is 0.606. The van der Waals surface area contributed by atoms with Crippen LogP contribution >= 0.6 is 0 Å². The Hall–Kier alpha value is -2.42. The zero-order chi connectivity index (χ0) is 19.7. The van der Waals surface area contributed by atoms with Gasteiger partial charge in [-0.15, -0.1) is 0 Å². The molecule has 2 aromatic rings. The van der Waals surface area contributed by atoms with Crippen molar-refractivity contribution in [3.05, 3.63) is 54.1 Å². The number of hydrogen-bond acceptors (Lipinski definition) is 5. The van der Waals surface area contributed by atoms with Crippen LogP contribution in [0.4, 0.5) is 5.69 Å². The predicted octanol–water partition coefficient (Wildman–Crippen LogP) is 2.65. The Morgan fingerprint density at radius 2 is 1.89 bits per heavy atom. The molecule has 8 heteroatoms. The molecule has 0 bridgehead atoms. The largest absolute Gasteiger partial charge is 0.492 e. The maximum absolute atomic E-state index is 12.6. The van der Waals surface area contributed by atoms with Gasteiger partial charge in [0.2, 0.25) is 10.0 Å². The fourth-order valence-electron chi connectivity index (χ4n) is 2.36. The number of carbonyl (C=O) groups excluding carboxylic acids is 1. The molecule has 1 amide bonds. The van der Waals surface area contributed by atoms with Crippen LogP contribution in [-0.2, 0) is 14.8 Å². The van der Waals surface area contributed by atoms with E-state index in [9.17, 15) is 13.2 Å². The SMILES string of the molecule is CCOc1ccccc1NC(=O)c1cccc(S(=O)(=O)NCCCOC)c1. The molecule has 0 saturated heterocycles. The molecule has 0 aliphatic heterocycles. The minimum Gasteiger partial charge on any atom is -0.492 e. The Kier molecular flexibility index (Phi) is 7.78. The Morgan fingerprint density at radius 1 is 1.11 bits per heavy atom. The van der Waals surface area contributed by atoms with Gasteiger partial charge >= 0.3 is 0 Å². The molecular weight excluding hydrogens is 368 g/mol. The summed E-state index contributed by atoms with van der Waals surface area (Å²) in [4.78, 5) is 12.6. The van der Waals surface area contributed by atoms with Gasteiger partial charge in [-0.2, -0.15) is 0 Å². The average molecular weight is 392 g/mol. The minimum atomic E-state index is -3.70. The van der Waals surface area contributed by atoms with Crippen LogP contribution in [-0.4, -0.2) is 41.2 Å². The van der Waals surface area contributed by atoms with Crippen molar-refractivity contribution in [1.82, 2.24) is 4.72 Å². The molecule has 0 saturated carbocycles. The third-order valence-electron chi connectivity index (χ3n) is 3.66. The van der Waals surface area contributed by atoms with Crippen molar-refractivity contribution in [1.29, 1.82) is 0 Å². The van der Waals surface area contributed by atoms with Crippen molar-refractivity contribution in [2.75, 3.05) is 32.2 Å². The molecule has 0 atom stereocenters. The van der Waals surface area contributed by atoms with Crippen molar-refractivity contribution in [3.63, 3.8) is 0 Å². The first-order valence-corrected chi connectivity index (χ1v) is 10.1. The van der Waals surface area contributed by atoms with Gasteiger partial charge in [-0.25, -0.2) is 13.1 Å². The molecule has 0 aliphatic carbocycles. The highest BCUT2D eigenvalue weighted by molar-refractivity contribution is 7.89. The summed E-state index contributed by atoms with van der Waals surface area (Å²) in [5.74, 6) is 0.135. The van der Waals surface area contributed by atoms with Gasteiger partial charge in [0.1, 0.15) is 5.75 Å². The second-order valence-corrected chi connectivity index (χ2v) is 7.42. The average Bonchev–Trinajstić information content (AvgIpc) is 2.67. The number of hydrogen-bond donors (Lipinski definition) is 2. The minimum absolute atomic E-state index is 0.0330. The first-order chi connectivity index (χ1) is 13.0. The van der Waals surface area contributed by atoms with E-state index in [1.54, 1.807) is 31.4 Å². The number of nitrogens with one attached hydrogen (secondary N) is 2. The van der Waals surface area contributed by atoms with Crippen molar-refractivity contribution in [2.45, 2.75) is 18.2 Å². The van der Waals surface area contributed by atoms with Gasteiger partial charge in [0.15, 0.2) is 0 Å². The number of methoxy groups -OCH3 is 1. The van der Waals surface area contributed by atoms with Gasteiger partial charge in [0, 0.05) is 25.8 Å². The lowest BCUT2D eigenvalue weighted by Crippen LogP contribution is -2.26. The highest BCUT2D eigenvalue weighted by atomic mass is 32.2. The van der Waals surface area contributed by atoms with Crippen LogP contribution in [0.25, 0.3) is 0 Å². The molecular formula is C19H24N2O5S. The van der Waals surface area contributed by atoms with E-state index in [4.69, 9.17) is 9.47 Å². The zero-order valence-corrected chi connectivity index (χ0v) is 16.2. The van der Waals surface area contributed by atoms with Crippen LogP contribution in [0, 0.1) is 0 Å². The lowest BCUT2D eigenvalue weighted by atomic mass is 10.2. The normalized spacial score (nSPS) is 11.2. The first-order valence-electron chi connectivity index (χ1n) is 8.59. The third kappa shape index (κ3) is 6.06. The highest BCUT2D eigenvalue weighted by Gasteiger charge is 2.16. The zero-order valence-electron chi connectivity index (χ0n) is 15.4. The Morgan fingerprint density at radius 3 is 2.63 bits per heavy atom. The molecule has 0 spiro atoms. The lowest BCUT2D eigenvalue weighted by Gasteiger charge is -2.12. The second kappa shape index (κ2) is 10.1. The van der Waals surface area contributed by atoms with E-state index in [1.807, 2.05) is 13.0 Å². The summed E-state index contributed by atoms with van der Waals surface area (Å²) in [7, 11) is -2.14. The first kappa shape index (κ1) is 20.9. The number of sulfonamides is 1. The van der Waals surface area contributed by atoms with Gasteiger partial charge in [-0.1, -0.05) is 18.2 Å². The molecule has 2 aromatic carbocycles. The maximum Gasteiger partial charge on any atom is 0.255 e. The molecule has 0 heterocycles. The molecule has 0 aromatic heterocycles. The number of anilines is 1. The molecule has 0 radical (unpaired) electrons. The third-order valence-corrected chi connectivity index (χ3v) is 5.12. The molecule has 2 rings (SSSR count). The van der Waals surface area contributed by atoms with Gasteiger partial charge in [0.25, 0.3) is 5.91 Å². The summed E-state index contributed by atoms with van der Waals surface area (Å²) < 4.78 is 37.6. The Balaban J connectivity index is 2.13. The van der Waals surface area contributed by atoms with Crippen molar-refractivity contribution >= 4 is 21.6 Å². The van der Waals surface area contributed by atoms with Crippen LogP contribution in [0.1, 0.15) is 23.7 Å². The Bertz CT molecular complexity index is 868. The highest BCUT2D eigenvalue weighted by Crippen LogP contribution is 2.24. The van der Waals surface area contributed by atoms with E-state index in [2.05, 4.69) is 10.0 Å².